The average Bonchev–Trinajstić information content (AvgIpc) is 3.41. The predicted octanol–water partition coefficient (Wildman–Crippen LogP) is 2.76. The number of nitrogens with zero attached hydrogens (tertiary/aromatic N) is 1. The zero-order valence-corrected chi connectivity index (χ0v) is 13.4. The second-order valence-corrected chi connectivity index (χ2v) is 6.06. The molecular formula is C20H19NO3. The second kappa shape index (κ2) is 7.21. The van der Waals surface area contributed by atoms with Gasteiger partial charge in [0.15, 0.2) is 0 Å². The van der Waals surface area contributed by atoms with E-state index < -0.39 is 11.8 Å². The summed E-state index contributed by atoms with van der Waals surface area (Å²) in [6.45, 7) is 0. The molecule has 1 saturated carbocycles. The summed E-state index contributed by atoms with van der Waals surface area (Å²) in [6, 6.07) is 18.3. The van der Waals surface area contributed by atoms with Crippen LogP contribution in [0.5, 0.6) is 0 Å². The number of rotatable bonds is 5. The predicted molar refractivity (Wildman–Crippen MR) is 89.9 cm³/mol. The van der Waals surface area contributed by atoms with E-state index in [0.29, 0.717) is 0 Å². The minimum atomic E-state index is -0.445. The lowest BCUT2D eigenvalue weighted by Crippen LogP contribution is -2.44. The van der Waals surface area contributed by atoms with E-state index in [9.17, 15) is 14.4 Å². The van der Waals surface area contributed by atoms with Crippen molar-refractivity contribution in [3.05, 3.63) is 71.8 Å². The molecule has 0 radical (unpaired) electrons. The summed E-state index contributed by atoms with van der Waals surface area (Å²) < 4.78 is 0. The van der Waals surface area contributed by atoms with Crippen molar-refractivity contribution < 1.29 is 14.4 Å². The Balaban J connectivity index is 1.76. The molecule has 4 heteroatoms. The van der Waals surface area contributed by atoms with Gasteiger partial charge in [-0.1, -0.05) is 60.7 Å². The summed E-state index contributed by atoms with van der Waals surface area (Å²) in [5, 5.41) is 0. The van der Waals surface area contributed by atoms with E-state index in [1.165, 1.54) is 0 Å². The number of amides is 3. The maximum absolute atomic E-state index is 12.6. The first-order valence-corrected chi connectivity index (χ1v) is 8.12. The lowest BCUT2D eigenvalue weighted by molar-refractivity contribution is -0.154. The molecule has 1 fully saturated rings. The molecule has 1 aliphatic rings. The summed E-state index contributed by atoms with van der Waals surface area (Å²) in [6.07, 6.45) is 1.62. The number of benzene rings is 2. The van der Waals surface area contributed by atoms with Crippen LogP contribution in [0.1, 0.15) is 24.0 Å². The summed E-state index contributed by atoms with van der Waals surface area (Å²) in [5.74, 6) is -1.42. The molecule has 2 aromatic rings. The van der Waals surface area contributed by atoms with Gasteiger partial charge in [0.25, 0.3) is 0 Å². The molecule has 4 nitrogen and oxygen atoms in total. The molecule has 0 atom stereocenters. The van der Waals surface area contributed by atoms with Crippen LogP contribution in [-0.4, -0.2) is 22.6 Å². The van der Waals surface area contributed by atoms with Gasteiger partial charge in [-0.05, 0) is 24.0 Å². The monoisotopic (exact) mass is 321 g/mol. The molecule has 0 bridgehead atoms. The van der Waals surface area contributed by atoms with E-state index in [1.54, 1.807) is 0 Å². The Hall–Kier alpha value is -2.75. The van der Waals surface area contributed by atoms with Gasteiger partial charge in [-0.2, -0.15) is 0 Å². The maximum atomic E-state index is 12.6. The number of carbonyl (C=O) groups excluding carboxylic acids is 3. The van der Waals surface area contributed by atoms with Crippen molar-refractivity contribution in [1.29, 1.82) is 0 Å². The van der Waals surface area contributed by atoms with Crippen LogP contribution in [0, 0.1) is 5.92 Å². The van der Waals surface area contributed by atoms with Crippen molar-refractivity contribution >= 4 is 17.7 Å². The highest BCUT2D eigenvalue weighted by Gasteiger charge is 2.39. The fraction of sp³-hybridized carbons (Fsp3) is 0.250. The molecule has 0 spiro atoms. The molecule has 3 amide bonds. The lowest BCUT2D eigenvalue weighted by atomic mass is 10.1. The fourth-order valence-corrected chi connectivity index (χ4v) is 2.60. The van der Waals surface area contributed by atoms with Gasteiger partial charge in [0.05, 0.1) is 12.8 Å². The second-order valence-electron chi connectivity index (χ2n) is 6.06. The third kappa shape index (κ3) is 3.96. The van der Waals surface area contributed by atoms with E-state index >= 15 is 0 Å². The Bertz CT molecular complexity index is 682. The molecule has 1 aliphatic carbocycles. The molecule has 2 aromatic carbocycles. The first-order valence-electron chi connectivity index (χ1n) is 8.12. The molecule has 0 N–H and O–H groups in total. The van der Waals surface area contributed by atoms with Crippen molar-refractivity contribution in [3.8, 4) is 0 Å². The fourth-order valence-electron chi connectivity index (χ4n) is 2.60. The Morgan fingerprint density at radius 1 is 0.750 bits per heavy atom. The summed E-state index contributed by atoms with van der Waals surface area (Å²) in [5.41, 5.74) is 1.59. The number of hydrogen-bond donors (Lipinski definition) is 0. The van der Waals surface area contributed by atoms with Crippen LogP contribution in [0.15, 0.2) is 60.7 Å². The average molecular weight is 321 g/mol. The highest BCUT2D eigenvalue weighted by atomic mass is 16.2. The Morgan fingerprint density at radius 3 is 1.54 bits per heavy atom. The molecule has 0 saturated heterocycles. The maximum Gasteiger partial charge on any atom is 0.240 e. The molecule has 0 aliphatic heterocycles. The molecule has 3 rings (SSSR count). The van der Waals surface area contributed by atoms with E-state index in [4.69, 9.17) is 0 Å². The van der Waals surface area contributed by atoms with Crippen molar-refractivity contribution in [1.82, 2.24) is 4.90 Å². The first-order chi connectivity index (χ1) is 11.6. The van der Waals surface area contributed by atoms with E-state index in [2.05, 4.69) is 0 Å². The van der Waals surface area contributed by atoms with E-state index in [-0.39, 0.29) is 24.7 Å². The quantitative estimate of drug-likeness (QED) is 0.851. The molecule has 0 heterocycles. The standard InChI is InChI=1S/C20H19NO3/c22-18(13-15-7-3-1-4-8-15)21(20(24)17-11-12-17)19(23)14-16-9-5-2-6-10-16/h1-10,17H,11-14H2. The topological polar surface area (TPSA) is 54.5 Å². The lowest BCUT2D eigenvalue weighted by Gasteiger charge is -2.19. The highest BCUT2D eigenvalue weighted by molar-refractivity contribution is 6.12. The molecule has 0 aromatic heterocycles. The smallest absolute Gasteiger partial charge is 0.240 e. The van der Waals surface area contributed by atoms with Crippen molar-refractivity contribution in [2.75, 3.05) is 0 Å². The van der Waals surface area contributed by atoms with Crippen LogP contribution >= 0.6 is 0 Å². The first kappa shape index (κ1) is 16.1. The zero-order valence-electron chi connectivity index (χ0n) is 13.4. The van der Waals surface area contributed by atoms with Crippen LogP contribution < -0.4 is 0 Å². The number of imide groups is 3. The number of hydrogen-bond acceptors (Lipinski definition) is 3. The van der Waals surface area contributed by atoms with Gasteiger partial charge in [-0.15, -0.1) is 0 Å². The third-order valence-electron chi connectivity index (χ3n) is 4.04. The van der Waals surface area contributed by atoms with Crippen LogP contribution in [0.3, 0.4) is 0 Å². The van der Waals surface area contributed by atoms with Gasteiger partial charge in [0.2, 0.25) is 17.7 Å². The summed E-state index contributed by atoms with van der Waals surface area (Å²) in [4.78, 5) is 38.5. The van der Waals surface area contributed by atoms with Crippen molar-refractivity contribution in [3.63, 3.8) is 0 Å². The van der Waals surface area contributed by atoms with Crippen LogP contribution in [-0.2, 0) is 27.2 Å². The normalized spacial score (nSPS) is 13.3. The molecule has 122 valence electrons. The van der Waals surface area contributed by atoms with Gasteiger partial charge in [0, 0.05) is 5.92 Å². The SMILES string of the molecule is O=C(Cc1ccccc1)N(C(=O)Cc1ccccc1)C(=O)C1CC1. The molecule has 0 unspecified atom stereocenters. The van der Waals surface area contributed by atoms with Gasteiger partial charge < -0.3 is 0 Å². The van der Waals surface area contributed by atoms with Gasteiger partial charge in [-0.25, -0.2) is 4.90 Å². The Kier molecular flexibility index (Phi) is 4.85. The minimum absolute atomic E-state index is 0.0554. The van der Waals surface area contributed by atoms with Crippen molar-refractivity contribution in [2.24, 2.45) is 5.92 Å². The largest absolute Gasteiger partial charge is 0.274 e. The van der Waals surface area contributed by atoms with Gasteiger partial charge in [0.1, 0.15) is 0 Å². The van der Waals surface area contributed by atoms with Crippen LogP contribution in [0.2, 0.25) is 0 Å². The summed E-state index contributed by atoms with van der Waals surface area (Å²) in [7, 11) is 0. The van der Waals surface area contributed by atoms with Crippen LogP contribution in [0.25, 0.3) is 0 Å². The minimum Gasteiger partial charge on any atom is -0.274 e. The molecular weight excluding hydrogens is 302 g/mol. The Labute approximate surface area is 141 Å². The Morgan fingerprint density at radius 2 is 1.17 bits per heavy atom. The van der Waals surface area contributed by atoms with Crippen molar-refractivity contribution in [2.45, 2.75) is 25.7 Å². The van der Waals surface area contributed by atoms with Gasteiger partial charge >= 0.3 is 0 Å². The van der Waals surface area contributed by atoms with Crippen LogP contribution in [0.4, 0.5) is 0 Å². The van der Waals surface area contributed by atoms with E-state index in [0.717, 1.165) is 28.9 Å². The third-order valence-corrected chi connectivity index (χ3v) is 4.04. The zero-order chi connectivity index (χ0) is 16.9. The summed E-state index contributed by atoms with van der Waals surface area (Å²) >= 11 is 0. The van der Waals surface area contributed by atoms with Gasteiger partial charge in [-0.3, -0.25) is 14.4 Å². The highest BCUT2D eigenvalue weighted by Crippen LogP contribution is 2.31. The molecule has 24 heavy (non-hydrogen) atoms. The van der Waals surface area contributed by atoms with E-state index in [1.807, 2.05) is 60.7 Å². The number of carbonyl (C=O) groups is 3.